The minimum atomic E-state index is 0.198. The summed E-state index contributed by atoms with van der Waals surface area (Å²) in [6.45, 7) is 2.15. The van der Waals surface area contributed by atoms with Crippen LogP contribution in [0.3, 0.4) is 0 Å². The van der Waals surface area contributed by atoms with Crippen molar-refractivity contribution >= 4 is 0 Å². The largest absolute Gasteiger partial charge is 0.373 e. The van der Waals surface area contributed by atoms with Gasteiger partial charge in [-0.2, -0.15) is 0 Å². The van der Waals surface area contributed by atoms with E-state index in [1.54, 1.807) is 0 Å². The number of ether oxygens (including phenoxy) is 1. The molecule has 0 radical (unpaired) electrons. The fourth-order valence-electron chi connectivity index (χ4n) is 3.66. The molecular weight excluding hydrogens is 222 g/mol. The molecule has 0 aliphatic heterocycles. The maximum atomic E-state index is 6.47. The first-order valence-corrected chi connectivity index (χ1v) is 8.24. The Balaban J connectivity index is 1.49. The van der Waals surface area contributed by atoms with E-state index in [2.05, 4.69) is 5.32 Å². The third-order valence-electron chi connectivity index (χ3n) is 5.16. The molecule has 0 saturated heterocycles. The molecule has 0 spiro atoms. The summed E-state index contributed by atoms with van der Waals surface area (Å²) in [5.41, 5.74) is 0.198. The predicted molar refractivity (Wildman–Crippen MR) is 74.8 cm³/mol. The minimum Gasteiger partial charge on any atom is -0.373 e. The van der Waals surface area contributed by atoms with Crippen molar-refractivity contribution in [2.24, 2.45) is 5.92 Å². The monoisotopic (exact) mass is 251 g/mol. The highest BCUT2D eigenvalue weighted by atomic mass is 16.5. The highest BCUT2D eigenvalue weighted by molar-refractivity contribution is 4.91. The molecule has 3 rings (SSSR count). The van der Waals surface area contributed by atoms with Crippen LogP contribution in [0.4, 0.5) is 0 Å². The predicted octanol–water partition coefficient (Wildman–Crippen LogP) is 3.65. The molecule has 0 bridgehead atoms. The van der Waals surface area contributed by atoms with Crippen molar-refractivity contribution in [2.75, 3.05) is 13.2 Å². The minimum absolute atomic E-state index is 0.198. The molecule has 1 N–H and O–H groups in total. The molecule has 3 aliphatic rings. The molecule has 3 aliphatic carbocycles. The van der Waals surface area contributed by atoms with E-state index in [1.165, 1.54) is 70.6 Å². The summed E-state index contributed by atoms with van der Waals surface area (Å²) < 4.78 is 6.47. The third-order valence-corrected chi connectivity index (χ3v) is 5.16. The summed E-state index contributed by atoms with van der Waals surface area (Å²) in [7, 11) is 0. The lowest BCUT2D eigenvalue weighted by atomic mass is 9.84. The van der Waals surface area contributed by atoms with E-state index < -0.39 is 0 Å². The maximum absolute atomic E-state index is 6.47. The van der Waals surface area contributed by atoms with Gasteiger partial charge in [0.25, 0.3) is 0 Å². The Labute approximate surface area is 112 Å². The molecule has 0 amide bonds. The van der Waals surface area contributed by atoms with E-state index >= 15 is 0 Å². The molecule has 2 heteroatoms. The summed E-state index contributed by atoms with van der Waals surface area (Å²) in [5, 5.41) is 3.72. The first kappa shape index (κ1) is 12.9. The van der Waals surface area contributed by atoms with Crippen LogP contribution < -0.4 is 5.32 Å². The van der Waals surface area contributed by atoms with Gasteiger partial charge in [-0.3, -0.25) is 0 Å². The molecular formula is C16H29NO. The van der Waals surface area contributed by atoms with E-state index in [0.29, 0.717) is 0 Å². The van der Waals surface area contributed by atoms with Crippen LogP contribution in [0.25, 0.3) is 0 Å². The van der Waals surface area contributed by atoms with Crippen LogP contribution in [0.5, 0.6) is 0 Å². The van der Waals surface area contributed by atoms with Crippen LogP contribution >= 0.6 is 0 Å². The highest BCUT2D eigenvalue weighted by Crippen LogP contribution is 2.34. The van der Waals surface area contributed by atoms with Crippen molar-refractivity contribution < 1.29 is 4.74 Å². The van der Waals surface area contributed by atoms with Gasteiger partial charge in [-0.1, -0.05) is 32.1 Å². The number of nitrogens with one attached hydrogen (secondary N) is 1. The van der Waals surface area contributed by atoms with Crippen LogP contribution in [0.15, 0.2) is 0 Å². The lowest BCUT2D eigenvalue weighted by molar-refractivity contribution is -0.0811. The quantitative estimate of drug-likeness (QED) is 0.778. The number of rotatable bonds is 6. The van der Waals surface area contributed by atoms with Crippen molar-refractivity contribution in [3.05, 3.63) is 0 Å². The standard InChI is InChI=1S/C16H29NO/c1-4-10-16(11-5-1,13-17-15-8-9-15)18-12-14-6-2-3-7-14/h14-15,17H,1-13H2. The number of hydrogen-bond donors (Lipinski definition) is 1. The molecule has 0 aromatic heterocycles. The Morgan fingerprint density at radius 3 is 2.28 bits per heavy atom. The van der Waals surface area contributed by atoms with Gasteiger partial charge in [-0.05, 0) is 44.4 Å². The molecule has 0 atom stereocenters. The van der Waals surface area contributed by atoms with E-state index in [4.69, 9.17) is 4.74 Å². The molecule has 0 unspecified atom stereocenters. The fourth-order valence-corrected chi connectivity index (χ4v) is 3.66. The molecule has 0 aromatic rings. The molecule has 18 heavy (non-hydrogen) atoms. The lowest BCUT2D eigenvalue weighted by Crippen LogP contribution is -2.46. The van der Waals surface area contributed by atoms with Gasteiger partial charge in [-0.15, -0.1) is 0 Å². The Bertz CT molecular complexity index is 250. The Morgan fingerprint density at radius 2 is 1.61 bits per heavy atom. The first-order chi connectivity index (χ1) is 8.86. The summed E-state index contributed by atoms with van der Waals surface area (Å²) >= 11 is 0. The zero-order chi connectivity index (χ0) is 12.3. The van der Waals surface area contributed by atoms with Gasteiger partial charge in [-0.25, -0.2) is 0 Å². The van der Waals surface area contributed by atoms with E-state index in [-0.39, 0.29) is 5.60 Å². The van der Waals surface area contributed by atoms with Gasteiger partial charge in [0.2, 0.25) is 0 Å². The highest BCUT2D eigenvalue weighted by Gasteiger charge is 2.35. The molecule has 3 fully saturated rings. The van der Waals surface area contributed by atoms with E-state index in [1.807, 2.05) is 0 Å². The summed E-state index contributed by atoms with van der Waals surface area (Å²) in [5.74, 6) is 0.865. The second-order valence-electron chi connectivity index (χ2n) is 6.86. The first-order valence-electron chi connectivity index (χ1n) is 8.24. The van der Waals surface area contributed by atoms with Crippen LogP contribution in [0, 0.1) is 5.92 Å². The van der Waals surface area contributed by atoms with Crippen molar-refractivity contribution in [1.82, 2.24) is 5.32 Å². The molecule has 3 saturated carbocycles. The van der Waals surface area contributed by atoms with Crippen LogP contribution in [0.2, 0.25) is 0 Å². The molecule has 0 heterocycles. The normalized spacial score (nSPS) is 28.7. The topological polar surface area (TPSA) is 21.3 Å². The third kappa shape index (κ3) is 3.48. The van der Waals surface area contributed by atoms with Gasteiger partial charge in [0, 0.05) is 12.6 Å². The Morgan fingerprint density at radius 1 is 0.889 bits per heavy atom. The summed E-state index contributed by atoms with van der Waals surface area (Å²) in [6.07, 6.45) is 15.2. The fraction of sp³-hybridized carbons (Fsp3) is 1.00. The van der Waals surface area contributed by atoms with Gasteiger partial charge in [0.1, 0.15) is 0 Å². The average Bonchev–Trinajstić information content (AvgIpc) is 3.10. The van der Waals surface area contributed by atoms with Crippen molar-refractivity contribution in [1.29, 1.82) is 0 Å². The van der Waals surface area contributed by atoms with Crippen molar-refractivity contribution in [2.45, 2.75) is 82.3 Å². The SMILES string of the molecule is C1CCC(CNC2CC2)(OCC2CCCC2)CC1. The van der Waals surface area contributed by atoms with E-state index in [0.717, 1.165) is 25.1 Å². The van der Waals surface area contributed by atoms with Crippen LogP contribution in [0.1, 0.15) is 70.6 Å². The summed E-state index contributed by atoms with van der Waals surface area (Å²) in [6, 6.07) is 0.818. The zero-order valence-electron chi connectivity index (χ0n) is 11.8. The maximum Gasteiger partial charge on any atom is 0.0806 e. The smallest absolute Gasteiger partial charge is 0.0806 e. The Kier molecular flexibility index (Phi) is 4.25. The van der Waals surface area contributed by atoms with Crippen LogP contribution in [-0.4, -0.2) is 24.8 Å². The molecule has 2 nitrogen and oxygen atoms in total. The summed E-state index contributed by atoms with van der Waals surface area (Å²) in [4.78, 5) is 0. The second kappa shape index (κ2) is 5.92. The van der Waals surface area contributed by atoms with Gasteiger partial charge in [0.05, 0.1) is 12.2 Å². The average molecular weight is 251 g/mol. The van der Waals surface area contributed by atoms with Gasteiger partial charge in [0.15, 0.2) is 0 Å². The van der Waals surface area contributed by atoms with Crippen molar-refractivity contribution in [3.8, 4) is 0 Å². The lowest BCUT2D eigenvalue weighted by Gasteiger charge is -2.38. The van der Waals surface area contributed by atoms with Gasteiger partial charge >= 0.3 is 0 Å². The van der Waals surface area contributed by atoms with Crippen LogP contribution in [-0.2, 0) is 4.74 Å². The zero-order valence-corrected chi connectivity index (χ0v) is 11.8. The van der Waals surface area contributed by atoms with Gasteiger partial charge < -0.3 is 10.1 Å². The van der Waals surface area contributed by atoms with E-state index in [9.17, 15) is 0 Å². The Hall–Kier alpha value is -0.0800. The molecule has 104 valence electrons. The molecule has 0 aromatic carbocycles. The van der Waals surface area contributed by atoms with Crippen molar-refractivity contribution in [3.63, 3.8) is 0 Å². The second-order valence-corrected chi connectivity index (χ2v) is 6.86. The number of hydrogen-bond acceptors (Lipinski definition) is 2.